The molecule has 5 nitrogen and oxygen atoms in total. The first-order chi connectivity index (χ1) is 13.9. The number of aryl methyl sites for hydroxylation is 1. The zero-order chi connectivity index (χ0) is 21.0. The van der Waals surface area contributed by atoms with Gasteiger partial charge in [0.05, 0.1) is 14.1 Å². The van der Waals surface area contributed by atoms with Gasteiger partial charge in [-0.15, -0.1) is 0 Å². The number of anilines is 1. The summed E-state index contributed by atoms with van der Waals surface area (Å²) in [5.41, 5.74) is 5.37. The molecule has 0 unspecified atom stereocenters. The van der Waals surface area contributed by atoms with Crippen LogP contribution in [0.3, 0.4) is 0 Å². The summed E-state index contributed by atoms with van der Waals surface area (Å²) in [5.74, 6) is 1.92. The van der Waals surface area contributed by atoms with E-state index in [9.17, 15) is 4.79 Å². The van der Waals surface area contributed by atoms with Gasteiger partial charge < -0.3 is 15.0 Å². The van der Waals surface area contributed by atoms with E-state index in [0.717, 1.165) is 31.6 Å². The van der Waals surface area contributed by atoms with Crippen molar-refractivity contribution in [1.29, 1.82) is 0 Å². The molecule has 3 rings (SSSR count). The Morgan fingerprint density at radius 3 is 2.79 bits per heavy atom. The number of amides is 1. The summed E-state index contributed by atoms with van der Waals surface area (Å²) in [6.07, 6.45) is 4.68. The molecular weight excluding hydrogens is 362 g/mol. The predicted octanol–water partition coefficient (Wildman–Crippen LogP) is 2.60. The lowest BCUT2D eigenvalue weighted by atomic mass is 9.74. The molecule has 2 aromatic rings. The third-order valence-electron chi connectivity index (χ3n) is 6.14. The van der Waals surface area contributed by atoms with Gasteiger partial charge in [-0.25, -0.2) is 4.98 Å². The number of carbonyl (C=O) groups is 1. The number of likely N-dealkylation sites (N-methyl/N-ethyl adjacent to an activating group) is 1. The molecule has 1 aliphatic carbocycles. The fourth-order valence-corrected chi connectivity index (χ4v) is 4.16. The first-order valence-corrected chi connectivity index (χ1v) is 10.6. The number of quaternary nitrogens is 1. The summed E-state index contributed by atoms with van der Waals surface area (Å²) >= 11 is 0. The standard InChI is InChI=1S/C24H33N3O2/c1-16-14-22(29-13-12-27(4)5)18(3)21-15-19(9-10-20(16)21)17(2)24(28)26-23-8-6-7-11-25-23/h6-8,11,14,17,19H,9-10,12-13,15H2,1-5H3,(H,25,26,28)/p+1/t17-,19+/m0/s1. The van der Waals surface area contributed by atoms with Gasteiger partial charge >= 0.3 is 0 Å². The second-order valence-electron chi connectivity index (χ2n) is 8.58. The average molecular weight is 397 g/mol. The third kappa shape index (κ3) is 5.15. The number of nitrogens with zero attached hydrogens (tertiary/aromatic N) is 1. The molecule has 2 atom stereocenters. The minimum Gasteiger partial charge on any atom is -0.487 e. The lowest BCUT2D eigenvalue weighted by molar-refractivity contribution is -0.858. The van der Waals surface area contributed by atoms with Gasteiger partial charge in [-0.3, -0.25) is 4.79 Å². The molecule has 1 aliphatic rings. The first kappa shape index (κ1) is 21.3. The highest BCUT2D eigenvalue weighted by Gasteiger charge is 2.30. The Balaban J connectivity index is 1.73. The van der Waals surface area contributed by atoms with Gasteiger partial charge in [-0.05, 0) is 79.5 Å². The van der Waals surface area contributed by atoms with Crippen LogP contribution in [0.4, 0.5) is 5.82 Å². The van der Waals surface area contributed by atoms with Crippen LogP contribution in [0.5, 0.6) is 5.75 Å². The number of benzene rings is 1. The minimum absolute atomic E-state index is 0.0490. The number of pyridine rings is 1. The molecule has 0 bridgehead atoms. The van der Waals surface area contributed by atoms with Crippen LogP contribution in [0.25, 0.3) is 0 Å². The molecule has 1 aromatic carbocycles. The van der Waals surface area contributed by atoms with Crippen molar-refractivity contribution in [2.75, 3.05) is 32.6 Å². The highest BCUT2D eigenvalue weighted by Crippen LogP contribution is 2.37. The van der Waals surface area contributed by atoms with Crippen molar-refractivity contribution >= 4 is 11.7 Å². The van der Waals surface area contributed by atoms with Gasteiger partial charge in [0.2, 0.25) is 5.91 Å². The molecule has 0 radical (unpaired) electrons. The molecule has 0 aliphatic heterocycles. The highest BCUT2D eigenvalue weighted by atomic mass is 16.5. The largest absolute Gasteiger partial charge is 0.487 e. The zero-order valence-electron chi connectivity index (χ0n) is 18.3. The smallest absolute Gasteiger partial charge is 0.228 e. The van der Waals surface area contributed by atoms with E-state index in [1.807, 2.05) is 25.1 Å². The van der Waals surface area contributed by atoms with Crippen molar-refractivity contribution in [2.24, 2.45) is 11.8 Å². The van der Waals surface area contributed by atoms with Crippen LogP contribution >= 0.6 is 0 Å². The van der Waals surface area contributed by atoms with Gasteiger partial charge in [0.1, 0.15) is 24.7 Å². The molecular formula is C24H34N3O2+. The van der Waals surface area contributed by atoms with Crippen LogP contribution in [0.15, 0.2) is 30.5 Å². The lowest BCUT2D eigenvalue weighted by Gasteiger charge is -2.31. The maximum atomic E-state index is 12.8. The molecule has 1 aromatic heterocycles. The molecule has 0 fully saturated rings. The molecule has 5 heteroatoms. The maximum Gasteiger partial charge on any atom is 0.228 e. The van der Waals surface area contributed by atoms with E-state index in [4.69, 9.17) is 4.74 Å². The monoisotopic (exact) mass is 396 g/mol. The summed E-state index contributed by atoms with van der Waals surface area (Å²) in [7, 11) is 4.27. The second-order valence-corrected chi connectivity index (χ2v) is 8.58. The van der Waals surface area contributed by atoms with Crippen LogP contribution in [0.2, 0.25) is 0 Å². The lowest BCUT2D eigenvalue weighted by Crippen LogP contribution is -3.06. The number of fused-ring (bicyclic) bond motifs is 1. The molecule has 1 amide bonds. The van der Waals surface area contributed by atoms with Gasteiger partial charge in [0.25, 0.3) is 0 Å². The fraction of sp³-hybridized carbons (Fsp3) is 0.500. The van der Waals surface area contributed by atoms with Crippen molar-refractivity contribution in [2.45, 2.75) is 40.0 Å². The van der Waals surface area contributed by atoms with E-state index in [0.29, 0.717) is 18.3 Å². The summed E-state index contributed by atoms with van der Waals surface area (Å²) in [4.78, 5) is 18.4. The Labute approximate surface area is 174 Å². The Morgan fingerprint density at radius 2 is 2.10 bits per heavy atom. The SMILES string of the molecule is Cc1cc(OCC[NH+](C)C)c(C)c2c1CC[C@@H]([C@H](C)C(=O)Nc1ccccn1)C2. The van der Waals surface area contributed by atoms with Gasteiger partial charge in [0, 0.05) is 12.1 Å². The van der Waals surface area contributed by atoms with Crippen molar-refractivity contribution < 1.29 is 14.4 Å². The van der Waals surface area contributed by atoms with Crippen LogP contribution in [0.1, 0.15) is 35.6 Å². The fourth-order valence-electron chi connectivity index (χ4n) is 4.16. The third-order valence-corrected chi connectivity index (χ3v) is 6.14. The highest BCUT2D eigenvalue weighted by molar-refractivity contribution is 5.91. The number of hydrogen-bond donors (Lipinski definition) is 2. The molecule has 29 heavy (non-hydrogen) atoms. The van der Waals surface area contributed by atoms with Crippen molar-refractivity contribution in [3.8, 4) is 5.75 Å². The minimum atomic E-state index is -0.0632. The van der Waals surface area contributed by atoms with Crippen LogP contribution in [0, 0.1) is 25.7 Å². The molecule has 0 saturated heterocycles. The van der Waals surface area contributed by atoms with Crippen LogP contribution in [-0.2, 0) is 17.6 Å². The first-order valence-electron chi connectivity index (χ1n) is 10.6. The number of rotatable bonds is 7. The number of carbonyl (C=O) groups excluding carboxylic acids is 1. The normalized spacial score (nSPS) is 17.0. The number of hydrogen-bond acceptors (Lipinski definition) is 3. The van der Waals surface area contributed by atoms with E-state index < -0.39 is 0 Å². The summed E-state index contributed by atoms with van der Waals surface area (Å²) in [6.45, 7) is 8.07. The van der Waals surface area contributed by atoms with Crippen molar-refractivity contribution in [1.82, 2.24) is 4.98 Å². The van der Waals surface area contributed by atoms with E-state index in [1.54, 1.807) is 6.20 Å². The van der Waals surface area contributed by atoms with Crippen LogP contribution < -0.4 is 15.0 Å². The molecule has 1 heterocycles. The summed E-state index contributed by atoms with van der Waals surface area (Å²) in [6, 6.07) is 7.75. The summed E-state index contributed by atoms with van der Waals surface area (Å²) in [5, 5.41) is 2.96. The van der Waals surface area contributed by atoms with E-state index >= 15 is 0 Å². The Hall–Kier alpha value is -2.40. The molecule has 156 valence electrons. The Morgan fingerprint density at radius 1 is 1.31 bits per heavy atom. The predicted molar refractivity (Wildman–Crippen MR) is 117 cm³/mol. The number of nitrogens with one attached hydrogen (secondary N) is 2. The number of ether oxygens (including phenoxy) is 1. The van der Waals surface area contributed by atoms with Crippen LogP contribution in [-0.4, -0.2) is 38.1 Å². The van der Waals surface area contributed by atoms with Crippen molar-refractivity contribution in [3.63, 3.8) is 0 Å². The topological polar surface area (TPSA) is 55.7 Å². The van der Waals surface area contributed by atoms with E-state index in [2.05, 4.69) is 44.3 Å². The molecule has 0 spiro atoms. The van der Waals surface area contributed by atoms with Gasteiger partial charge in [-0.1, -0.05) is 13.0 Å². The average Bonchev–Trinajstić information content (AvgIpc) is 2.71. The Kier molecular flexibility index (Phi) is 6.91. The van der Waals surface area contributed by atoms with Gasteiger partial charge in [-0.2, -0.15) is 0 Å². The van der Waals surface area contributed by atoms with Gasteiger partial charge in [0.15, 0.2) is 0 Å². The molecule has 0 saturated carbocycles. The Bertz CT molecular complexity index is 849. The maximum absolute atomic E-state index is 12.8. The molecule has 2 N–H and O–H groups in total. The van der Waals surface area contributed by atoms with E-state index in [1.165, 1.54) is 27.2 Å². The second kappa shape index (κ2) is 9.40. The number of aromatic nitrogens is 1. The van der Waals surface area contributed by atoms with E-state index in [-0.39, 0.29) is 11.8 Å². The quantitative estimate of drug-likeness (QED) is 0.756. The zero-order valence-corrected chi connectivity index (χ0v) is 18.3. The summed E-state index contributed by atoms with van der Waals surface area (Å²) < 4.78 is 6.11. The van der Waals surface area contributed by atoms with Crippen molar-refractivity contribution in [3.05, 3.63) is 52.7 Å².